The Morgan fingerprint density at radius 2 is 1.74 bits per heavy atom. The van der Waals surface area contributed by atoms with Gasteiger partial charge < -0.3 is 0 Å². The maximum atomic E-state index is 12.4. The number of hydrogen-bond donors (Lipinski definition) is 1. The molecule has 7 nitrogen and oxygen atoms in total. The molecule has 2 heterocycles. The number of amides is 1. The lowest BCUT2D eigenvalue weighted by atomic mass is 10.1. The molecule has 0 unspecified atom stereocenters. The van der Waals surface area contributed by atoms with Crippen LogP contribution in [0.3, 0.4) is 0 Å². The molecule has 118 valence electrons. The summed E-state index contributed by atoms with van der Waals surface area (Å²) in [4.78, 5) is 12.4. The van der Waals surface area contributed by atoms with Gasteiger partial charge in [-0.15, -0.1) is 10.2 Å². The lowest BCUT2D eigenvalue weighted by molar-refractivity contribution is 0.101. The summed E-state index contributed by atoms with van der Waals surface area (Å²) in [5.74, 6) is 0.803. The lowest BCUT2D eigenvalue weighted by Gasteiger charge is -2.11. The molecule has 1 aromatic carbocycles. The van der Waals surface area contributed by atoms with Crippen LogP contribution in [0.1, 0.15) is 33.1 Å². The summed E-state index contributed by atoms with van der Waals surface area (Å²) >= 11 is 0. The molecule has 1 N–H and O–H groups in total. The van der Waals surface area contributed by atoms with Crippen molar-refractivity contribution in [2.75, 3.05) is 5.43 Å². The van der Waals surface area contributed by atoms with Crippen LogP contribution in [-0.2, 0) is 0 Å². The Morgan fingerprint density at radius 3 is 2.35 bits per heavy atom. The first kappa shape index (κ1) is 15.0. The Kier molecular flexibility index (Phi) is 3.69. The van der Waals surface area contributed by atoms with Gasteiger partial charge in [-0.25, -0.2) is 9.36 Å². The molecule has 0 saturated heterocycles. The molecule has 0 bridgehead atoms. The van der Waals surface area contributed by atoms with Crippen LogP contribution in [0.2, 0.25) is 0 Å². The first-order chi connectivity index (χ1) is 11.0. The summed E-state index contributed by atoms with van der Waals surface area (Å²) in [6, 6.07) is 9.31. The quantitative estimate of drug-likeness (QED) is 0.803. The van der Waals surface area contributed by atoms with Crippen LogP contribution in [0.15, 0.2) is 30.3 Å². The number of rotatable bonds is 3. The average Bonchev–Trinajstić information content (AvgIpc) is 3.02. The van der Waals surface area contributed by atoms with Crippen molar-refractivity contribution < 1.29 is 4.79 Å². The summed E-state index contributed by atoms with van der Waals surface area (Å²) < 4.78 is 3.20. The van der Waals surface area contributed by atoms with Crippen LogP contribution in [0.4, 0.5) is 0 Å². The highest BCUT2D eigenvalue weighted by Crippen LogP contribution is 2.11. The van der Waals surface area contributed by atoms with Crippen molar-refractivity contribution >= 4 is 5.91 Å². The van der Waals surface area contributed by atoms with Gasteiger partial charge in [0.25, 0.3) is 11.9 Å². The predicted octanol–water partition coefficient (Wildman–Crippen LogP) is 2.08. The summed E-state index contributed by atoms with van der Waals surface area (Å²) in [5.41, 5.74) is 6.29. The number of aromatic nitrogens is 5. The summed E-state index contributed by atoms with van der Waals surface area (Å²) in [6.07, 6.45) is 0. The average molecular weight is 310 g/mol. The molecule has 2 aromatic heterocycles. The third-order valence-corrected chi connectivity index (χ3v) is 3.53. The highest BCUT2D eigenvalue weighted by Gasteiger charge is 2.16. The summed E-state index contributed by atoms with van der Waals surface area (Å²) in [5, 5.41) is 12.5. The van der Waals surface area contributed by atoms with E-state index in [1.165, 1.54) is 0 Å². The first-order valence-electron chi connectivity index (χ1n) is 7.29. The first-order valence-corrected chi connectivity index (χ1v) is 7.29. The molecule has 3 rings (SSSR count). The van der Waals surface area contributed by atoms with Gasteiger partial charge >= 0.3 is 0 Å². The number of hydrogen-bond acceptors (Lipinski definition) is 4. The van der Waals surface area contributed by atoms with Gasteiger partial charge in [0, 0.05) is 11.3 Å². The number of carbonyl (C=O) groups excluding carboxylic acids is 1. The van der Waals surface area contributed by atoms with Crippen LogP contribution < -0.4 is 5.43 Å². The van der Waals surface area contributed by atoms with Gasteiger partial charge in [-0.3, -0.25) is 10.2 Å². The molecule has 0 aliphatic rings. The maximum Gasteiger partial charge on any atom is 0.271 e. The zero-order valence-electron chi connectivity index (χ0n) is 13.5. The van der Waals surface area contributed by atoms with E-state index in [1.54, 1.807) is 28.4 Å². The molecule has 3 aromatic rings. The zero-order valence-corrected chi connectivity index (χ0v) is 13.5. The van der Waals surface area contributed by atoms with Crippen molar-refractivity contribution in [3.05, 3.63) is 58.7 Å². The third-order valence-electron chi connectivity index (χ3n) is 3.53. The molecule has 1 amide bonds. The van der Waals surface area contributed by atoms with Crippen LogP contribution in [0.5, 0.6) is 0 Å². The molecule has 0 saturated carbocycles. The van der Waals surface area contributed by atoms with Crippen LogP contribution in [0.25, 0.3) is 5.95 Å². The Morgan fingerprint density at radius 1 is 1.04 bits per heavy atom. The Hall–Kier alpha value is -2.96. The Balaban J connectivity index is 1.94. The molecular formula is C16H18N6O. The fourth-order valence-electron chi connectivity index (χ4n) is 2.32. The predicted molar refractivity (Wildman–Crippen MR) is 86.2 cm³/mol. The molecule has 0 aliphatic carbocycles. The second-order valence-electron chi connectivity index (χ2n) is 5.53. The van der Waals surface area contributed by atoms with Gasteiger partial charge in [0.1, 0.15) is 0 Å². The number of carbonyl (C=O) groups is 1. The minimum Gasteiger partial charge on any atom is -0.267 e. The van der Waals surface area contributed by atoms with Crippen LogP contribution in [-0.4, -0.2) is 30.6 Å². The molecular weight excluding hydrogens is 292 g/mol. The number of nitrogens with one attached hydrogen (secondary N) is 1. The SMILES string of the molecule is Cc1ccc(C(=O)Nn2c(C)nnc2-n2nc(C)cc2C)cc1. The molecule has 0 fully saturated rings. The third kappa shape index (κ3) is 2.85. The molecule has 0 spiro atoms. The maximum absolute atomic E-state index is 12.4. The van der Waals surface area contributed by atoms with E-state index in [2.05, 4.69) is 20.7 Å². The fourth-order valence-corrected chi connectivity index (χ4v) is 2.32. The van der Waals surface area contributed by atoms with Gasteiger partial charge in [0.2, 0.25) is 0 Å². The highest BCUT2D eigenvalue weighted by molar-refractivity contribution is 6.00. The molecule has 0 atom stereocenters. The van der Waals surface area contributed by atoms with Crippen molar-refractivity contribution in [3.8, 4) is 5.95 Å². The van der Waals surface area contributed by atoms with E-state index in [4.69, 9.17) is 0 Å². The van der Waals surface area contributed by atoms with Crippen LogP contribution >= 0.6 is 0 Å². The van der Waals surface area contributed by atoms with E-state index in [1.807, 2.05) is 39.0 Å². The van der Waals surface area contributed by atoms with Crippen molar-refractivity contribution in [2.45, 2.75) is 27.7 Å². The highest BCUT2D eigenvalue weighted by atomic mass is 16.2. The van der Waals surface area contributed by atoms with Crippen molar-refractivity contribution in [1.82, 2.24) is 24.7 Å². The van der Waals surface area contributed by atoms with Gasteiger partial charge in [-0.2, -0.15) is 5.10 Å². The van der Waals surface area contributed by atoms with E-state index < -0.39 is 0 Å². The van der Waals surface area contributed by atoms with Crippen LogP contribution in [0, 0.1) is 27.7 Å². The molecule has 0 radical (unpaired) electrons. The van der Waals surface area contributed by atoms with Gasteiger partial charge in [-0.1, -0.05) is 17.7 Å². The minimum atomic E-state index is -0.226. The normalized spacial score (nSPS) is 10.8. The topological polar surface area (TPSA) is 77.6 Å². The number of benzene rings is 1. The van der Waals surface area contributed by atoms with E-state index in [9.17, 15) is 4.79 Å². The fraction of sp³-hybridized carbons (Fsp3) is 0.250. The smallest absolute Gasteiger partial charge is 0.267 e. The second-order valence-corrected chi connectivity index (χ2v) is 5.53. The Bertz CT molecular complexity index is 859. The minimum absolute atomic E-state index is 0.226. The van der Waals surface area contributed by atoms with Crippen molar-refractivity contribution in [1.29, 1.82) is 0 Å². The number of nitrogens with zero attached hydrogens (tertiary/aromatic N) is 5. The largest absolute Gasteiger partial charge is 0.271 e. The number of aryl methyl sites for hydroxylation is 4. The van der Waals surface area contributed by atoms with Gasteiger partial charge in [0.15, 0.2) is 5.82 Å². The molecule has 7 heteroatoms. The van der Waals surface area contributed by atoms with Gasteiger partial charge in [-0.05, 0) is 45.9 Å². The summed E-state index contributed by atoms with van der Waals surface area (Å²) in [7, 11) is 0. The van der Waals surface area contributed by atoms with E-state index in [0.717, 1.165) is 17.0 Å². The standard InChI is InChI=1S/C16H18N6O/c1-10-5-7-14(8-6-10)15(23)20-22-13(4)17-18-16(22)21-12(3)9-11(2)19-21/h5-9H,1-4H3,(H,20,23). The van der Waals surface area contributed by atoms with Crippen molar-refractivity contribution in [3.63, 3.8) is 0 Å². The lowest BCUT2D eigenvalue weighted by Crippen LogP contribution is -2.26. The van der Waals surface area contributed by atoms with Crippen molar-refractivity contribution in [2.24, 2.45) is 0 Å². The summed E-state index contributed by atoms with van der Waals surface area (Å²) in [6.45, 7) is 7.59. The van der Waals surface area contributed by atoms with E-state index in [0.29, 0.717) is 17.3 Å². The van der Waals surface area contributed by atoms with E-state index >= 15 is 0 Å². The molecule has 0 aliphatic heterocycles. The monoisotopic (exact) mass is 310 g/mol. The molecule has 23 heavy (non-hydrogen) atoms. The Labute approximate surface area is 133 Å². The van der Waals surface area contributed by atoms with Gasteiger partial charge in [0.05, 0.1) is 5.69 Å². The zero-order chi connectivity index (χ0) is 16.6. The second kappa shape index (κ2) is 5.68. The van der Waals surface area contributed by atoms with E-state index in [-0.39, 0.29) is 5.91 Å².